The van der Waals surface area contributed by atoms with Crippen LogP contribution in [0.2, 0.25) is 0 Å². The number of phosphoric ester groups is 2. The molecule has 24 nitrogen and oxygen atoms in total. The Morgan fingerprint density at radius 3 is 2.35 bits per heavy atom. The number of ether oxygens (including phenoxy) is 2. The van der Waals surface area contributed by atoms with Crippen LogP contribution in [0.4, 0.5) is 5.95 Å². The van der Waals surface area contributed by atoms with Crippen LogP contribution in [0.1, 0.15) is 44.0 Å². The maximum atomic E-state index is 12.6. The molecule has 6 rings (SSSR count). The third-order valence-corrected chi connectivity index (χ3v) is 11.2. The molecule has 0 aromatic carbocycles. The number of aromatic nitrogens is 7. The summed E-state index contributed by atoms with van der Waals surface area (Å²) < 4.78 is 51.3. The first-order chi connectivity index (χ1) is 23.5. The molecule has 0 bridgehead atoms. The molecule has 3 aliphatic rings. The molecule has 2 saturated heterocycles. The van der Waals surface area contributed by atoms with Crippen molar-refractivity contribution in [1.82, 2.24) is 34.5 Å². The second-order valence-electron chi connectivity index (χ2n) is 12.1. The van der Waals surface area contributed by atoms with E-state index in [9.17, 15) is 54.4 Å². The SMILES string of the molecule is Nc1nc2c(ncn2[C@@H]2O[C@H](COP(=O)([O-])OP(=O)([O-])O[C@H]3O[C@@H](Cn4cc(C5(O)CCCCC5)nn4)[C@@H](O)[C@@H](O)[C@@H]3O)[C@@H](O)[C@H]2O)c(=O)[nH]1.[Na+].[Na+]. The van der Waals surface area contributed by atoms with E-state index in [0.29, 0.717) is 12.8 Å². The molecule has 9 N–H and O–H groups in total. The minimum Gasteiger partial charge on any atom is -0.756 e. The molecule has 1 saturated carbocycles. The summed E-state index contributed by atoms with van der Waals surface area (Å²) in [4.78, 5) is 47.1. The average molecular weight is 799 g/mol. The summed E-state index contributed by atoms with van der Waals surface area (Å²) in [6.45, 7) is -1.46. The molecule has 278 valence electrons. The van der Waals surface area contributed by atoms with Gasteiger partial charge in [-0.25, -0.2) is 14.0 Å². The van der Waals surface area contributed by atoms with Crippen LogP contribution in [0.5, 0.6) is 0 Å². The predicted octanol–water partition coefficient (Wildman–Crippen LogP) is -10.4. The molecule has 0 amide bonds. The number of aromatic amines is 1. The van der Waals surface area contributed by atoms with Crippen LogP contribution in [-0.4, -0.2) is 121 Å². The third kappa shape index (κ3) is 9.42. The van der Waals surface area contributed by atoms with Gasteiger partial charge in [0.05, 0.1) is 25.7 Å². The topological polar surface area (TPSA) is 368 Å². The Hall–Kier alpha value is -0.770. The van der Waals surface area contributed by atoms with Crippen LogP contribution < -0.4 is 80.2 Å². The largest absolute Gasteiger partial charge is 1.00 e. The Labute approximate surface area is 337 Å². The van der Waals surface area contributed by atoms with Gasteiger partial charge in [0, 0.05) is 0 Å². The van der Waals surface area contributed by atoms with Crippen molar-refractivity contribution in [2.24, 2.45) is 0 Å². The van der Waals surface area contributed by atoms with Crippen molar-refractivity contribution in [1.29, 1.82) is 0 Å². The van der Waals surface area contributed by atoms with Gasteiger partial charge in [-0.2, -0.15) is 4.98 Å². The van der Waals surface area contributed by atoms with Gasteiger partial charge in [0.25, 0.3) is 21.2 Å². The Balaban J connectivity index is 0.00000302. The average Bonchev–Trinajstić information content (AvgIpc) is 3.76. The first-order valence-electron chi connectivity index (χ1n) is 15.2. The van der Waals surface area contributed by atoms with E-state index < -0.39 is 88.7 Å². The Kier molecular flexibility index (Phi) is 14.5. The van der Waals surface area contributed by atoms with E-state index >= 15 is 0 Å². The van der Waals surface area contributed by atoms with Gasteiger partial charge < -0.3 is 60.2 Å². The molecular formula is C24H34N8Na2O16P2. The molecular weight excluding hydrogens is 764 g/mol. The smallest absolute Gasteiger partial charge is 0.756 e. The summed E-state index contributed by atoms with van der Waals surface area (Å²) in [5.41, 5.74) is 3.57. The van der Waals surface area contributed by atoms with E-state index in [1.807, 2.05) is 0 Å². The fourth-order valence-electron chi connectivity index (χ4n) is 6.02. The van der Waals surface area contributed by atoms with Gasteiger partial charge in [-0.1, -0.05) is 24.5 Å². The maximum Gasteiger partial charge on any atom is 1.00 e. The van der Waals surface area contributed by atoms with Gasteiger partial charge in [-0.15, -0.1) is 5.10 Å². The standard InChI is InChI=1S/C24H36N8O16P2.2Na/c25-23-27-19-13(20(38)28-23)26-9-32(19)21-17(36)15(34)11(45-21)8-44-49(40,41)48-50(42,43)47-22-18(37)16(35)14(33)10(46-22)6-31-7-12(29-30-31)24(39)4-2-1-3-5-24;;/h7,9-11,14-18,21-22,33-37,39H,1-6,8H2,(H,40,41)(H,42,43)(H3,25,27,28,38);;/q;2*+1/p-2/t10-,11+,14+,15+,16+,17+,18-,21+,22+;;/m0../s1. The molecule has 3 aromatic rings. The molecule has 3 fully saturated rings. The van der Waals surface area contributed by atoms with Gasteiger partial charge in [-0.05, 0) is 12.8 Å². The first-order valence-corrected chi connectivity index (χ1v) is 18.1. The fourth-order valence-corrected chi connectivity index (χ4v) is 8.10. The Bertz CT molecular complexity index is 1850. The second-order valence-corrected chi connectivity index (χ2v) is 15.0. The van der Waals surface area contributed by atoms with E-state index in [-0.39, 0.29) is 88.5 Å². The van der Waals surface area contributed by atoms with Crippen LogP contribution in [0.3, 0.4) is 0 Å². The number of rotatable bonds is 11. The third-order valence-electron chi connectivity index (χ3n) is 8.62. The number of nitrogens with two attached hydrogens (primary N) is 1. The zero-order valence-electron chi connectivity index (χ0n) is 27.7. The van der Waals surface area contributed by atoms with Crippen LogP contribution in [0.15, 0.2) is 17.3 Å². The van der Waals surface area contributed by atoms with Crippen molar-refractivity contribution in [3.63, 3.8) is 0 Å². The normalized spacial score (nSPS) is 32.7. The predicted molar refractivity (Wildman–Crippen MR) is 156 cm³/mol. The molecule has 2 aliphatic heterocycles. The van der Waals surface area contributed by atoms with E-state index in [1.165, 1.54) is 6.20 Å². The van der Waals surface area contributed by atoms with E-state index in [4.69, 9.17) is 15.2 Å². The Morgan fingerprint density at radius 1 is 0.981 bits per heavy atom. The minimum absolute atomic E-state index is 0. The number of aliphatic hydroxyl groups excluding tert-OH is 5. The molecule has 1 aliphatic carbocycles. The summed E-state index contributed by atoms with van der Waals surface area (Å²) >= 11 is 0. The number of imidazole rings is 1. The van der Waals surface area contributed by atoms with Gasteiger partial charge >= 0.3 is 59.1 Å². The number of H-pyrrole nitrogens is 1. The second kappa shape index (κ2) is 17.2. The van der Waals surface area contributed by atoms with Crippen LogP contribution >= 0.6 is 15.6 Å². The molecule has 0 spiro atoms. The number of nitrogens with zero attached hydrogens (tertiary/aromatic N) is 6. The van der Waals surface area contributed by atoms with Crippen LogP contribution in [0.25, 0.3) is 11.2 Å². The quantitative estimate of drug-likeness (QED) is 0.0659. The summed E-state index contributed by atoms with van der Waals surface area (Å²) in [7, 11) is -11.8. The molecule has 0 radical (unpaired) electrons. The van der Waals surface area contributed by atoms with E-state index in [0.717, 1.165) is 34.8 Å². The summed E-state index contributed by atoms with van der Waals surface area (Å²) in [5.74, 6) is -0.294. The van der Waals surface area contributed by atoms with Crippen molar-refractivity contribution in [3.8, 4) is 0 Å². The van der Waals surface area contributed by atoms with Crippen molar-refractivity contribution in [2.45, 2.75) is 99.5 Å². The van der Waals surface area contributed by atoms with E-state index in [2.05, 4.69) is 38.6 Å². The molecule has 11 atom stereocenters. The molecule has 3 aromatic heterocycles. The number of anilines is 1. The number of hydrogen-bond donors (Lipinski definition) is 8. The summed E-state index contributed by atoms with van der Waals surface area (Å²) in [6.07, 6.45) is -10.6. The number of nitrogen functional groups attached to an aromatic ring is 1. The van der Waals surface area contributed by atoms with E-state index in [1.54, 1.807) is 0 Å². The summed E-state index contributed by atoms with van der Waals surface area (Å²) in [6, 6.07) is 0. The van der Waals surface area contributed by atoms with Gasteiger partial charge in [0.2, 0.25) is 5.95 Å². The number of aliphatic hydroxyl groups is 6. The number of fused-ring (bicyclic) bond motifs is 1. The molecule has 28 heteroatoms. The molecule has 2 unspecified atom stereocenters. The minimum atomic E-state index is -5.99. The number of phosphoric acid groups is 2. The molecule has 5 heterocycles. The van der Waals surface area contributed by atoms with Crippen molar-refractivity contribution < 1.29 is 132 Å². The monoisotopic (exact) mass is 798 g/mol. The van der Waals surface area contributed by atoms with Gasteiger partial charge in [0.15, 0.2) is 23.7 Å². The number of hydrogen-bond acceptors (Lipinski definition) is 21. The molecule has 52 heavy (non-hydrogen) atoms. The maximum absolute atomic E-state index is 12.6. The fraction of sp³-hybridized carbons (Fsp3) is 0.708. The van der Waals surface area contributed by atoms with Crippen LogP contribution in [0, 0.1) is 0 Å². The van der Waals surface area contributed by atoms with Gasteiger partial charge in [0.1, 0.15) is 54.0 Å². The van der Waals surface area contributed by atoms with Crippen molar-refractivity contribution >= 4 is 32.8 Å². The number of nitrogens with one attached hydrogen (secondary N) is 1. The summed E-state index contributed by atoms with van der Waals surface area (Å²) in [5, 5.41) is 70.9. The van der Waals surface area contributed by atoms with Crippen molar-refractivity contribution in [3.05, 3.63) is 28.6 Å². The Morgan fingerprint density at radius 2 is 1.65 bits per heavy atom. The van der Waals surface area contributed by atoms with Gasteiger partial charge in [-0.3, -0.25) is 28.0 Å². The zero-order valence-corrected chi connectivity index (χ0v) is 33.5. The van der Waals surface area contributed by atoms with Crippen LogP contribution in [-0.2, 0) is 44.1 Å². The zero-order chi connectivity index (χ0) is 36.2. The van der Waals surface area contributed by atoms with Crippen molar-refractivity contribution in [2.75, 3.05) is 12.3 Å². The first kappa shape index (κ1) is 44.0.